The SMILES string of the molecule is CCOc1ccc([C@H]2Nn3c(C)nnc3S[C@H]2C(=O)Nc2ccccc2C)cc1. The number of thioether (sulfide) groups is 1. The quantitative estimate of drug-likeness (QED) is 0.669. The number of rotatable bonds is 5. The van der Waals surface area contributed by atoms with E-state index in [9.17, 15) is 4.79 Å². The topological polar surface area (TPSA) is 81.1 Å². The molecule has 0 saturated carbocycles. The molecule has 1 aliphatic rings. The second-order valence-electron chi connectivity index (χ2n) is 6.82. The maximum Gasteiger partial charge on any atom is 0.240 e. The van der Waals surface area contributed by atoms with Crippen molar-refractivity contribution >= 4 is 23.4 Å². The van der Waals surface area contributed by atoms with Gasteiger partial charge < -0.3 is 15.5 Å². The Morgan fingerprint density at radius 1 is 1.17 bits per heavy atom. The Hall–Kier alpha value is -3.00. The van der Waals surface area contributed by atoms with Crippen LogP contribution in [0.25, 0.3) is 0 Å². The molecule has 0 unspecified atom stereocenters. The third kappa shape index (κ3) is 3.93. The van der Waals surface area contributed by atoms with Gasteiger partial charge in [-0.05, 0) is 50.1 Å². The van der Waals surface area contributed by atoms with E-state index in [0.717, 1.165) is 28.4 Å². The first-order chi connectivity index (χ1) is 14.1. The van der Waals surface area contributed by atoms with Crippen LogP contribution < -0.4 is 15.5 Å². The van der Waals surface area contributed by atoms with E-state index in [1.807, 2.05) is 74.0 Å². The molecule has 1 amide bonds. The van der Waals surface area contributed by atoms with Crippen molar-refractivity contribution < 1.29 is 9.53 Å². The summed E-state index contributed by atoms with van der Waals surface area (Å²) in [5, 5.41) is 11.7. The molecular weight excluding hydrogens is 386 g/mol. The molecule has 29 heavy (non-hydrogen) atoms. The summed E-state index contributed by atoms with van der Waals surface area (Å²) >= 11 is 1.41. The zero-order valence-corrected chi connectivity index (χ0v) is 17.4. The Kier molecular flexibility index (Phi) is 5.44. The van der Waals surface area contributed by atoms with Crippen molar-refractivity contribution in [2.24, 2.45) is 0 Å². The molecule has 1 aliphatic heterocycles. The van der Waals surface area contributed by atoms with Crippen LogP contribution in [0, 0.1) is 13.8 Å². The smallest absolute Gasteiger partial charge is 0.240 e. The Labute approximate surface area is 173 Å². The number of para-hydroxylation sites is 1. The lowest BCUT2D eigenvalue weighted by molar-refractivity contribution is -0.116. The number of anilines is 1. The molecule has 7 nitrogen and oxygen atoms in total. The number of hydrogen-bond donors (Lipinski definition) is 2. The molecule has 0 bridgehead atoms. The molecule has 0 aliphatic carbocycles. The molecular formula is C21H23N5O2S. The molecule has 4 rings (SSSR count). The summed E-state index contributed by atoms with van der Waals surface area (Å²) in [6, 6.07) is 15.3. The van der Waals surface area contributed by atoms with Gasteiger partial charge in [0.1, 0.15) is 16.8 Å². The van der Waals surface area contributed by atoms with E-state index in [2.05, 4.69) is 20.9 Å². The number of carbonyl (C=O) groups is 1. The summed E-state index contributed by atoms with van der Waals surface area (Å²) in [6.07, 6.45) is 0. The predicted molar refractivity (Wildman–Crippen MR) is 114 cm³/mol. The van der Waals surface area contributed by atoms with Crippen molar-refractivity contribution in [2.75, 3.05) is 17.3 Å². The number of carbonyl (C=O) groups excluding carboxylic acids is 1. The van der Waals surface area contributed by atoms with Gasteiger partial charge in [0.25, 0.3) is 0 Å². The van der Waals surface area contributed by atoms with E-state index in [1.54, 1.807) is 0 Å². The van der Waals surface area contributed by atoms with Gasteiger partial charge >= 0.3 is 0 Å². The van der Waals surface area contributed by atoms with Crippen LogP contribution in [0.4, 0.5) is 5.69 Å². The average Bonchev–Trinajstić information content (AvgIpc) is 3.10. The fourth-order valence-corrected chi connectivity index (χ4v) is 4.39. The normalized spacial score (nSPS) is 17.9. The average molecular weight is 410 g/mol. The van der Waals surface area contributed by atoms with Gasteiger partial charge in [-0.1, -0.05) is 42.1 Å². The lowest BCUT2D eigenvalue weighted by Gasteiger charge is -2.33. The molecule has 8 heteroatoms. The van der Waals surface area contributed by atoms with E-state index in [4.69, 9.17) is 4.74 Å². The summed E-state index contributed by atoms with van der Waals surface area (Å²) in [4.78, 5) is 13.2. The molecule has 2 atom stereocenters. The number of fused-ring (bicyclic) bond motifs is 1. The maximum atomic E-state index is 13.2. The van der Waals surface area contributed by atoms with Gasteiger partial charge in [0.15, 0.2) is 0 Å². The van der Waals surface area contributed by atoms with Crippen molar-refractivity contribution in [2.45, 2.75) is 37.2 Å². The van der Waals surface area contributed by atoms with Gasteiger partial charge in [-0.2, -0.15) is 0 Å². The van der Waals surface area contributed by atoms with Gasteiger partial charge in [0, 0.05) is 5.69 Å². The molecule has 2 heterocycles. The molecule has 0 saturated heterocycles. The summed E-state index contributed by atoms with van der Waals surface area (Å²) in [6.45, 7) is 6.43. The number of aromatic nitrogens is 3. The minimum atomic E-state index is -0.413. The number of benzene rings is 2. The predicted octanol–water partition coefficient (Wildman–Crippen LogP) is 3.69. The second-order valence-corrected chi connectivity index (χ2v) is 7.93. The van der Waals surface area contributed by atoms with E-state index in [-0.39, 0.29) is 11.9 Å². The molecule has 0 spiro atoms. The Morgan fingerprint density at radius 3 is 2.66 bits per heavy atom. The van der Waals surface area contributed by atoms with Crippen molar-refractivity contribution in [3.05, 3.63) is 65.5 Å². The summed E-state index contributed by atoms with van der Waals surface area (Å²) in [7, 11) is 0. The monoisotopic (exact) mass is 409 g/mol. The highest BCUT2D eigenvalue weighted by atomic mass is 32.2. The fraction of sp³-hybridized carbons (Fsp3) is 0.286. The van der Waals surface area contributed by atoms with Crippen molar-refractivity contribution in [1.29, 1.82) is 0 Å². The minimum absolute atomic E-state index is 0.0809. The fourth-order valence-electron chi connectivity index (χ4n) is 3.27. The molecule has 150 valence electrons. The Bertz CT molecular complexity index is 1020. The van der Waals surface area contributed by atoms with Crippen molar-refractivity contribution in [3.63, 3.8) is 0 Å². The molecule has 2 N–H and O–H groups in total. The van der Waals surface area contributed by atoms with Crippen molar-refractivity contribution in [3.8, 4) is 5.75 Å². The standard InChI is InChI=1S/C21H23N5O2S/c1-4-28-16-11-9-15(10-12-16)18-19(29-21-24-23-14(3)26(21)25-18)20(27)22-17-8-6-5-7-13(17)2/h5-12,18-19,25H,4H2,1-3H3,(H,22,27)/t18-,19-/m1/s1. The van der Waals surface area contributed by atoms with E-state index in [0.29, 0.717) is 11.8 Å². The number of aryl methyl sites for hydroxylation is 2. The van der Waals surface area contributed by atoms with Crippen LogP contribution in [0.3, 0.4) is 0 Å². The molecule has 0 fully saturated rings. The first kappa shape index (κ1) is 19.3. The largest absolute Gasteiger partial charge is 0.494 e. The first-order valence-electron chi connectivity index (χ1n) is 9.51. The highest BCUT2D eigenvalue weighted by Gasteiger charge is 2.37. The van der Waals surface area contributed by atoms with Gasteiger partial charge in [0.2, 0.25) is 11.1 Å². The van der Waals surface area contributed by atoms with Gasteiger partial charge in [0.05, 0.1) is 12.6 Å². The molecule has 0 radical (unpaired) electrons. The molecule has 2 aromatic carbocycles. The second kappa shape index (κ2) is 8.16. The lowest BCUT2D eigenvalue weighted by Crippen LogP contribution is -2.41. The zero-order valence-electron chi connectivity index (χ0n) is 16.5. The van der Waals surface area contributed by atoms with Gasteiger partial charge in [-0.3, -0.25) is 4.79 Å². The summed E-state index contributed by atoms with van der Waals surface area (Å²) < 4.78 is 7.38. The van der Waals surface area contributed by atoms with Crippen LogP contribution >= 0.6 is 11.8 Å². The number of amides is 1. The van der Waals surface area contributed by atoms with Crippen molar-refractivity contribution in [1.82, 2.24) is 14.9 Å². The van der Waals surface area contributed by atoms with Crippen LogP contribution in [0.2, 0.25) is 0 Å². The highest BCUT2D eigenvalue weighted by Crippen LogP contribution is 2.38. The summed E-state index contributed by atoms with van der Waals surface area (Å²) in [5.74, 6) is 1.48. The van der Waals surface area contributed by atoms with E-state index < -0.39 is 5.25 Å². The Balaban J connectivity index is 1.65. The van der Waals surface area contributed by atoms with E-state index >= 15 is 0 Å². The van der Waals surface area contributed by atoms with E-state index in [1.165, 1.54) is 11.8 Å². The number of nitrogens with one attached hydrogen (secondary N) is 2. The van der Waals surface area contributed by atoms with Crippen LogP contribution in [0.5, 0.6) is 5.75 Å². The van der Waals surface area contributed by atoms with Crippen LogP contribution in [-0.2, 0) is 4.79 Å². The maximum absolute atomic E-state index is 13.2. The lowest BCUT2D eigenvalue weighted by atomic mass is 10.0. The zero-order chi connectivity index (χ0) is 20.4. The van der Waals surface area contributed by atoms with Gasteiger partial charge in [-0.25, -0.2) is 4.68 Å². The van der Waals surface area contributed by atoms with Crippen LogP contribution in [-0.4, -0.2) is 32.6 Å². The third-order valence-corrected chi connectivity index (χ3v) is 6.03. The number of nitrogens with zero attached hydrogens (tertiary/aromatic N) is 3. The van der Waals surface area contributed by atoms with Crippen LogP contribution in [0.1, 0.15) is 29.9 Å². The molecule has 3 aromatic rings. The minimum Gasteiger partial charge on any atom is -0.494 e. The van der Waals surface area contributed by atoms with Gasteiger partial charge in [-0.15, -0.1) is 10.2 Å². The number of ether oxygens (including phenoxy) is 1. The van der Waals surface area contributed by atoms with Crippen LogP contribution in [0.15, 0.2) is 53.7 Å². The Morgan fingerprint density at radius 2 is 1.93 bits per heavy atom. The highest BCUT2D eigenvalue weighted by molar-refractivity contribution is 8.00. The number of hydrogen-bond acceptors (Lipinski definition) is 6. The first-order valence-corrected chi connectivity index (χ1v) is 10.4. The third-order valence-electron chi connectivity index (χ3n) is 4.81. The molecule has 1 aromatic heterocycles. The summed E-state index contributed by atoms with van der Waals surface area (Å²) in [5.41, 5.74) is 6.24.